The van der Waals surface area contributed by atoms with Gasteiger partial charge in [-0.25, -0.2) is 0 Å². The number of hydrogen-bond donors (Lipinski definition) is 3. The van der Waals surface area contributed by atoms with Crippen LogP contribution >= 0.6 is 24.2 Å². The van der Waals surface area contributed by atoms with Crippen molar-refractivity contribution < 1.29 is 9.59 Å². The van der Waals surface area contributed by atoms with Crippen molar-refractivity contribution >= 4 is 47.4 Å². The second-order valence-electron chi connectivity index (χ2n) is 5.08. The second-order valence-corrected chi connectivity index (χ2v) is 6.10. The molecule has 0 spiro atoms. The summed E-state index contributed by atoms with van der Waals surface area (Å²) in [4.78, 5) is 24.6. The molecule has 0 saturated carbocycles. The van der Waals surface area contributed by atoms with Gasteiger partial charge in [0.05, 0.1) is 17.4 Å². The van der Waals surface area contributed by atoms with Gasteiger partial charge in [-0.1, -0.05) is 0 Å². The monoisotopic (exact) mass is 327 g/mol. The highest BCUT2D eigenvalue weighted by Gasteiger charge is 2.21. The van der Waals surface area contributed by atoms with Crippen molar-refractivity contribution in [1.29, 1.82) is 0 Å². The first-order valence-electron chi connectivity index (χ1n) is 6.80. The molecule has 3 rings (SSSR count). The molecular weight excluding hydrogens is 310 g/mol. The fourth-order valence-corrected chi connectivity index (χ4v) is 3.27. The Morgan fingerprint density at radius 3 is 3.00 bits per heavy atom. The van der Waals surface area contributed by atoms with E-state index >= 15 is 0 Å². The Hall–Kier alpha value is -1.24. The Morgan fingerprint density at radius 1 is 1.38 bits per heavy atom. The van der Waals surface area contributed by atoms with Crippen molar-refractivity contribution in [3.63, 3.8) is 0 Å². The van der Waals surface area contributed by atoms with E-state index in [1.165, 1.54) is 11.8 Å². The molecule has 2 aliphatic heterocycles. The van der Waals surface area contributed by atoms with Gasteiger partial charge in [-0.05, 0) is 37.6 Å². The maximum absolute atomic E-state index is 12.2. The lowest BCUT2D eigenvalue weighted by molar-refractivity contribution is -0.120. The average Bonchev–Trinajstić information content (AvgIpc) is 2.47. The van der Waals surface area contributed by atoms with E-state index in [-0.39, 0.29) is 30.1 Å². The number of carbonyl (C=O) groups is 2. The SMILES string of the molecule is Cl.O=C1CSc2ccc(NC(=O)[C@@H]3CCCNC3)cc2N1. The zero-order chi connectivity index (χ0) is 13.9. The fraction of sp³-hybridized carbons (Fsp3) is 0.429. The van der Waals surface area contributed by atoms with Crippen LogP contribution in [-0.2, 0) is 9.59 Å². The molecule has 1 aromatic carbocycles. The molecule has 0 unspecified atom stereocenters. The number of thioether (sulfide) groups is 1. The lowest BCUT2D eigenvalue weighted by Gasteiger charge is -2.22. The van der Waals surface area contributed by atoms with Crippen molar-refractivity contribution in [3.05, 3.63) is 18.2 Å². The molecule has 2 amide bonds. The summed E-state index contributed by atoms with van der Waals surface area (Å²) >= 11 is 1.52. The normalized spacial score (nSPS) is 20.8. The molecule has 0 bridgehead atoms. The minimum atomic E-state index is 0. The van der Waals surface area contributed by atoms with Gasteiger partial charge in [0.1, 0.15) is 0 Å². The van der Waals surface area contributed by atoms with Crippen LogP contribution in [0.25, 0.3) is 0 Å². The van der Waals surface area contributed by atoms with E-state index in [9.17, 15) is 9.59 Å². The number of anilines is 2. The molecule has 2 aliphatic rings. The summed E-state index contributed by atoms with van der Waals surface area (Å²) in [5.41, 5.74) is 1.52. The largest absolute Gasteiger partial charge is 0.326 e. The molecule has 3 N–H and O–H groups in total. The molecule has 1 fully saturated rings. The fourth-order valence-electron chi connectivity index (χ4n) is 2.48. The van der Waals surface area contributed by atoms with E-state index < -0.39 is 0 Å². The van der Waals surface area contributed by atoms with Crippen LogP contribution < -0.4 is 16.0 Å². The Morgan fingerprint density at radius 2 is 2.24 bits per heavy atom. The number of nitrogens with one attached hydrogen (secondary N) is 3. The molecule has 1 atom stereocenters. The Labute approximate surface area is 134 Å². The number of carbonyl (C=O) groups excluding carboxylic acids is 2. The Kier molecular flexibility index (Phi) is 5.50. The van der Waals surface area contributed by atoms with Gasteiger partial charge in [0.2, 0.25) is 11.8 Å². The van der Waals surface area contributed by atoms with Gasteiger partial charge in [0, 0.05) is 17.1 Å². The van der Waals surface area contributed by atoms with E-state index in [0.717, 1.165) is 42.2 Å². The van der Waals surface area contributed by atoms with Gasteiger partial charge < -0.3 is 16.0 Å². The summed E-state index contributed by atoms with van der Waals surface area (Å²) in [6, 6.07) is 5.65. The smallest absolute Gasteiger partial charge is 0.234 e. The van der Waals surface area contributed by atoms with Crippen LogP contribution in [0.1, 0.15) is 12.8 Å². The third kappa shape index (κ3) is 3.90. The van der Waals surface area contributed by atoms with Crippen LogP contribution in [0, 0.1) is 5.92 Å². The van der Waals surface area contributed by atoms with Gasteiger partial charge >= 0.3 is 0 Å². The summed E-state index contributed by atoms with van der Waals surface area (Å²) < 4.78 is 0. The minimum absolute atomic E-state index is 0. The predicted octanol–water partition coefficient (Wildman–Crippen LogP) is 2.09. The molecule has 114 valence electrons. The molecule has 0 aromatic heterocycles. The topological polar surface area (TPSA) is 70.2 Å². The van der Waals surface area contributed by atoms with E-state index in [1.807, 2.05) is 18.2 Å². The van der Waals surface area contributed by atoms with Gasteiger partial charge in [-0.2, -0.15) is 0 Å². The number of hydrogen-bond acceptors (Lipinski definition) is 4. The van der Waals surface area contributed by atoms with Crippen molar-refractivity contribution in [2.45, 2.75) is 17.7 Å². The van der Waals surface area contributed by atoms with E-state index in [0.29, 0.717) is 5.75 Å². The van der Waals surface area contributed by atoms with E-state index in [1.54, 1.807) is 0 Å². The highest BCUT2D eigenvalue weighted by Crippen LogP contribution is 2.33. The summed E-state index contributed by atoms with van der Waals surface area (Å²) in [6.45, 7) is 1.73. The molecular formula is C14H18ClN3O2S. The van der Waals surface area contributed by atoms with Gasteiger partial charge in [-0.3, -0.25) is 9.59 Å². The zero-order valence-electron chi connectivity index (χ0n) is 11.5. The van der Waals surface area contributed by atoms with Crippen LogP contribution in [0.2, 0.25) is 0 Å². The van der Waals surface area contributed by atoms with Gasteiger partial charge in [0.25, 0.3) is 0 Å². The van der Waals surface area contributed by atoms with Crippen molar-refractivity contribution in [3.8, 4) is 0 Å². The van der Waals surface area contributed by atoms with Crippen molar-refractivity contribution in [1.82, 2.24) is 5.32 Å². The number of rotatable bonds is 2. The van der Waals surface area contributed by atoms with Crippen molar-refractivity contribution in [2.24, 2.45) is 5.92 Å². The molecule has 2 heterocycles. The molecule has 1 aromatic rings. The first kappa shape index (κ1) is 16.1. The third-order valence-corrected chi connectivity index (χ3v) is 4.62. The minimum Gasteiger partial charge on any atom is -0.326 e. The molecule has 1 saturated heterocycles. The molecule has 21 heavy (non-hydrogen) atoms. The maximum atomic E-state index is 12.2. The molecule has 5 nitrogen and oxygen atoms in total. The van der Waals surface area contributed by atoms with Crippen LogP contribution in [0.4, 0.5) is 11.4 Å². The highest BCUT2D eigenvalue weighted by molar-refractivity contribution is 8.00. The molecule has 0 aliphatic carbocycles. The van der Waals surface area contributed by atoms with Gasteiger partial charge in [0.15, 0.2) is 0 Å². The highest BCUT2D eigenvalue weighted by atomic mass is 35.5. The lowest BCUT2D eigenvalue weighted by Crippen LogP contribution is -2.37. The van der Waals surface area contributed by atoms with E-state index in [4.69, 9.17) is 0 Å². The average molecular weight is 328 g/mol. The number of amides is 2. The first-order valence-corrected chi connectivity index (χ1v) is 7.79. The first-order chi connectivity index (χ1) is 9.72. The summed E-state index contributed by atoms with van der Waals surface area (Å²) in [7, 11) is 0. The second kappa shape index (κ2) is 7.15. The Balaban J connectivity index is 0.00000161. The quantitative estimate of drug-likeness (QED) is 0.778. The molecule has 7 heteroatoms. The Bertz CT molecular complexity index is 547. The molecule has 0 radical (unpaired) electrons. The standard InChI is InChI=1S/C14H17N3O2S.ClH/c18-13-8-20-12-4-3-10(6-11(12)17-13)16-14(19)9-2-1-5-15-7-9;/h3-4,6,9,15H,1-2,5,7-8H2,(H,16,19)(H,17,18);1H/t9-;/m1./s1. The number of halogens is 1. The zero-order valence-corrected chi connectivity index (χ0v) is 13.1. The summed E-state index contributed by atoms with van der Waals surface area (Å²) in [6.07, 6.45) is 1.96. The van der Waals surface area contributed by atoms with Crippen LogP contribution in [0.5, 0.6) is 0 Å². The number of benzene rings is 1. The predicted molar refractivity (Wildman–Crippen MR) is 87.3 cm³/mol. The van der Waals surface area contributed by atoms with Crippen molar-refractivity contribution in [2.75, 3.05) is 29.5 Å². The van der Waals surface area contributed by atoms with Gasteiger partial charge in [-0.15, -0.1) is 24.2 Å². The number of piperidine rings is 1. The number of fused-ring (bicyclic) bond motifs is 1. The van der Waals surface area contributed by atoms with Crippen LogP contribution in [0.15, 0.2) is 23.1 Å². The van der Waals surface area contributed by atoms with E-state index in [2.05, 4.69) is 16.0 Å². The summed E-state index contributed by atoms with van der Waals surface area (Å²) in [5.74, 6) is 0.532. The van der Waals surface area contributed by atoms with Crippen LogP contribution in [0.3, 0.4) is 0 Å². The van der Waals surface area contributed by atoms with Crippen LogP contribution in [-0.4, -0.2) is 30.7 Å². The maximum Gasteiger partial charge on any atom is 0.234 e. The lowest BCUT2D eigenvalue weighted by atomic mass is 9.99. The third-order valence-electron chi connectivity index (χ3n) is 3.55. The summed E-state index contributed by atoms with van der Waals surface area (Å²) in [5, 5.41) is 9.00.